The van der Waals surface area contributed by atoms with Crippen molar-refractivity contribution in [3.63, 3.8) is 0 Å². The zero-order valence-electron chi connectivity index (χ0n) is 10.6. The largest absolute Gasteiger partial charge is 0.480 e. The Labute approximate surface area is 98.1 Å². The number of rotatable bonds is 4. The Bertz CT molecular complexity index is 284. The first-order valence-electron chi connectivity index (χ1n) is 6.02. The molecule has 1 aliphatic rings. The predicted octanol–water partition coefficient (Wildman–Crippen LogP) is 2.53. The van der Waals surface area contributed by atoms with Gasteiger partial charge in [-0.2, -0.15) is 0 Å². The SMILES string of the molecule is C=C(CC)CN1CCCC(C)(C)C1C(=O)O. The second-order valence-corrected chi connectivity index (χ2v) is 5.41. The molecule has 0 aromatic rings. The third-order valence-electron chi connectivity index (χ3n) is 3.53. The minimum atomic E-state index is -0.700. The molecular formula is C13H23NO2. The second-order valence-electron chi connectivity index (χ2n) is 5.41. The van der Waals surface area contributed by atoms with E-state index in [9.17, 15) is 9.90 Å². The van der Waals surface area contributed by atoms with Crippen LogP contribution in [-0.4, -0.2) is 35.1 Å². The third kappa shape index (κ3) is 2.85. The summed E-state index contributed by atoms with van der Waals surface area (Å²) in [4.78, 5) is 13.4. The maximum atomic E-state index is 11.4. The number of nitrogens with zero attached hydrogens (tertiary/aromatic N) is 1. The highest BCUT2D eigenvalue weighted by molar-refractivity contribution is 5.74. The van der Waals surface area contributed by atoms with Crippen LogP contribution in [0, 0.1) is 5.41 Å². The molecule has 0 spiro atoms. The normalized spacial score (nSPS) is 25.3. The smallest absolute Gasteiger partial charge is 0.321 e. The highest BCUT2D eigenvalue weighted by atomic mass is 16.4. The summed E-state index contributed by atoms with van der Waals surface area (Å²) in [5.74, 6) is -0.700. The first-order valence-corrected chi connectivity index (χ1v) is 6.02. The summed E-state index contributed by atoms with van der Waals surface area (Å²) >= 11 is 0. The quantitative estimate of drug-likeness (QED) is 0.747. The maximum absolute atomic E-state index is 11.4. The number of carbonyl (C=O) groups is 1. The molecule has 1 atom stereocenters. The summed E-state index contributed by atoms with van der Waals surface area (Å²) in [6.45, 7) is 11.7. The van der Waals surface area contributed by atoms with E-state index in [1.807, 2.05) is 13.8 Å². The van der Waals surface area contributed by atoms with Crippen molar-refractivity contribution >= 4 is 5.97 Å². The first kappa shape index (κ1) is 13.2. The lowest BCUT2D eigenvalue weighted by atomic mass is 9.76. The van der Waals surface area contributed by atoms with Crippen LogP contribution in [0.3, 0.4) is 0 Å². The number of aliphatic carboxylic acids is 1. The number of carboxylic acid groups (broad SMARTS) is 1. The number of hydrogen-bond donors (Lipinski definition) is 1. The Kier molecular flexibility index (Phi) is 4.14. The average Bonchev–Trinajstić information content (AvgIpc) is 2.15. The number of likely N-dealkylation sites (tertiary alicyclic amines) is 1. The lowest BCUT2D eigenvalue weighted by Gasteiger charge is -2.44. The van der Waals surface area contributed by atoms with Crippen molar-refractivity contribution in [1.29, 1.82) is 0 Å². The summed E-state index contributed by atoms with van der Waals surface area (Å²) in [5.41, 5.74) is 0.974. The van der Waals surface area contributed by atoms with Gasteiger partial charge < -0.3 is 5.11 Å². The minimum absolute atomic E-state index is 0.141. The van der Waals surface area contributed by atoms with Gasteiger partial charge in [-0.05, 0) is 31.2 Å². The monoisotopic (exact) mass is 225 g/mol. The van der Waals surface area contributed by atoms with E-state index in [4.69, 9.17) is 0 Å². The van der Waals surface area contributed by atoms with Gasteiger partial charge in [0.2, 0.25) is 0 Å². The van der Waals surface area contributed by atoms with Crippen LogP contribution in [0.2, 0.25) is 0 Å². The molecule has 1 unspecified atom stereocenters. The van der Waals surface area contributed by atoms with E-state index in [0.29, 0.717) is 0 Å². The van der Waals surface area contributed by atoms with Crippen LogP contribution in [0.15, 0.2) is 12.2 Å². The summed E-state index contributed by atoms with van der Waals surface area (Å²) in [6.07, 6.45) is 2.98. The van der Waals surface area contributed by atoms with Gasteiger partial charge in [0.25, 0.3) is 0 Å². The summed E-state index contributed by atoms with van der Waals surface area (Å²) < 4.78 is 0. The molecule has 1 aliphatic heterocycles. The average molecular weight is 225 g/mol. The summed E-state index contributed by atoms with van der Waals surface area (Å²) in [7, 11) is 0. The fraction of sp³-hybridized carbons (Fsp3) is 0.769. The zero-order chi connectivity index (χ0) is 12.3. The Balaban J connectivity index is 2.81. The minimum Gasteiger partial charge on any atom is -0.480 e. The van der Waals surface area contributed by atoms with Crippen molar-refractivity contribution in [2.75, 3.05) is 13.1 Å². The van der Waals surface area contributed by atoms with Crippen molar-refractivity contribution < 1.29 is 9.90 Å². The molecular weight excluding hydrogens is 202 g/mol. The molecule has 1 saturated heterocycles. The highest BCUT2D eigenvalue weighted by Crippen LogP contribution is 2.35. The van der Waals surface area contributed by atoms with Crippen LogP contribution in [0.25, 0.3) is 0 Å². The molecule has 0 aromatic heterocycles. The van der Waals surface area contributed by atoms with Gasteiger partial charge in [-0.3, -0.25) is 9.69 Å². The fourth-order valence-electron chi connectivity index (χ4n) is 2.56. The van der Waals surface area contributed by atoms with Gasteiger partial charge in [0.1, 0.15) is 6.04 Å². The van der Waals surface area contributed by atoms with E-state index in [0.717, 1.165) is 37.9 Å². The summed E-state index contributed by atoms with van der Waals surface area (Å²) in [5, 5.41) is 9.36. The molecule has 0 bridgehead atoms. The fourth-order valence-corrected chi connectivity index (χ4v) is 2.56. The van der Waals surface area contributed by atoms with E-state index < -0.39 is 5.97 Å². The van der Waals surface area contributed by atoms with E-state index in [-0.39, 0.29) is 11.5 Å². The summed E-state index contributed by atoms with van der Waals surface area (Å²) in [6, 6.07) is -0.371. The van der Waals surface area contributed by atoms with Gasteiger partial charge in [0.15, 0.2) is 0 Å². The molecule has 1 fully saturated rings. The lowest BCUT2D eigenvalue weighted by molar-refractivity contribution is -0.150. The Morgan fingerprint density at radius 2 is 2.19 bits per heavy atom. The van der Waals surface area contributed by atoms with Gasteiger partial charge in [-0.25, -0.2) is 0 Å². The van der Waals surface area contributed by atoms with Crippen molar-refractivity contribution in [2.45, 2.75) is 46.1 Å². The molecule has 3 nitrogen and oxygen atoms in total. The maximum Gasteiger partial charge on any atom is 0.321 e. The van der Waals surface area contributed by atoms with E-state index in [2.05, 4.69) is 18.4 Å². The van der Waals surface area contributed by atoms with Crippen LogP contribution >= 0.6 is 0 Å². The molecule has 92 valence electrons. The van der Waals surface area contributed by atoms with Gasteiger partial charge in [0.05, 0.1) is 0 Å². The Morgan fingerprint density at radius 1 is 1.56 bits per heavy atom. The third-order valence-corrected chi connectivity index (χ3v) is 3.53. The number of hydrogen-bond acceptors (Lipinski definition) is 2. The lowest BCUT2D eigenvalue weighted by Crippen LogP contribution is -2.54. The zero-order valence-corrected chi connectivity index (χ0v) is 10.6. The van der Waals surface area contributed by atoms with Crippen LogP contribution in [0.4, 0.5) is 0 Å². The topological polar surface area (TPSA) is 40.5 Å². The molecule has 0 radical (unpaired) electrons. The van der Waals surface area contributed by atoms with Crippen LogP contribution < -0.4 is 0 Å². The van der Waals surface area contributed by atoms with Gasteiger partial charge in [0, 0.05) is 6.54 Å². The molecule has 0 aromatic carbocycles. The standard InChI is InChI=1S/C13H23NO2/c1-5-10(2)9-14-8-6-7-13(3,4)11(14)12(15)16/h11H,2,5-9H2,1,3-4H3,(H,15,16). The van der Waals surface area contributed by atoms with Gasteiger partial charge in [-0.15, -0.1) is 0 Å². The molecule has 0 saturated carbocycles. The predicted molar refractivity (Wildman–Crippen MR) is 65.4 cm³/mol. The molecule has 0 aliphatic carbocycles. The van der Waals surface area contributed by atoms with Gasteiger partial charge in [-0.1, -0.05) is 32.9 Å². The van der Waals surface area contributed by atoms with Crippen molar-refractivity contribution in [1.82, 2.24) is 4.90 Å². The second kappa shape index (κ2) is 5.00. The molecule has 1 N–H and O–H groups in total. The van der Waals surface area contributed by atoms with Crippen molar-refractivity contribution in [3.05, 3.63) is 12.2 Å². The van der Waals surface area contributed by atoms with E-state index in [1.165, 1.54) is 0 Å². The molecule has 0 amide bonds. The van der Waals surface area contributed by atoms with Crippen molar-refractivity contribution in [2.24, 2.45) is 5.41 Å². The Hall–Kier alpha value is -0.830. The van der Waals surface area contributed by atoms with Crippen LogP contribution in [0.5, 0.6) is 0 Å². The molecule has 3 heteroatoms. The molecule has 1 heterocycles. The van der Waals surface area contributed by atoms with Gasteiger partial charge >= 0.3 is 5.97 Å². The Morgan fingerprint density at radius 3 is 2.69 bits per heavy atom. The highest BCUT2D eigenvalue weighted by Gasteiger charge is 2.42. The molecule has 1 rings (SSSR count). The number of piperidine rings is 1. The number of carboxylic acids is 1. The van der Waals surface area contributed by atoms with E-state index in [1.54, 1.807) is 0 Å². The van der Waals surface area contributed by atoms with Crippen LogP contribution in [-0.2, 0) is 4.79 Å². The molecule has 16 heavy (non-hydrogen) atoms. The van der Waals surface area contributed by atoms with Crippen molar-refractivity contribution in [3.8, 4) is 0 Å². The van der Waals surface area contributed by atoms with Crippen LogP contribution in [0.1, 0.15) is 40.0 Å². The first-order chi connectivity index (χ1) is 7.38. The van der Waals surface area contributed by atoms with E-state index >= 15 is 0 Å².